The number of carbonyl (C=O) groups excluding carboxylic acids is 1. The highest BCUT2D eigenvalue weighted by Gasteiger charge is 2.17. The van der Waals surface area contributed by atoms with Gasteiger partial charge in [-0.3, -0.25) is 4.79 Å². The van der Waals surface area contributed by atoms with Crippen LogP contribution in [0.1, 0.15) is 32.3 Å². The van der Waals surface area contributed by atoms with Crippen molar-refractivity contribution in [2.75, 3.05) is 17.6 Å². The van der Waals surface area contributed by atoms with Crippen molar-refractivity contribution in [1.29, 1.82) is 0 Å². The fourth-order valence-corrected chi connectivity index (χ4v) is 1.59. The molecule has 4 nitrogen and oxygen atoms in total. The van der Waals surface area contributed by atoms with Crippen molar-refractivity contribution in [3.63, 3.8) is 0 Å². The van der Waals surface area contributed by atoms with Gasteiger partial charge in [-0.05, 0) is 31.5 Å². The number of anilines is 2. The van der Waals surface area contributed by atoms with Crippen molar-refractivity contribution in [2.45, 2.75) is 32.7 Å². The van der Waals surface area contributed by atoms with Crippen LogP contribution >= 0.6 is 0 Å². The van der Waals surface area contributed by atoms with Gasteiger partial charge in [0, 0.05) is 23.5 Å². The summed E-state index contributed by atoms with van der Waals surface area (Å²) in [5, 5.41) is 5.48. The van der Waals surface area contributed by atoms with E-state index in [4.69, 9.17) is 5.73 Å². The molecule has 0 radical (unpaired) electrons. The van der Waals surface area contributed by atoms with Gasteiger partial charge < -0.3 is 16.4 Å². The summed E-state index contributed by atoms with van der Waals surface area (Å²) in [6.45, 7) is 4.12. The molecule has 1 rings (SSSR count). The SMILES string of the molecule is CCCNC(=O)C(C)Nc1ccc(N)cc1C(F)F. The molecule has 0 heterocycles. The quantitative estimate of drug-likeness (QED) is 0.696. The molecule has 4 N–H and O–H groups in total. The lowest BCUT2D eigenvalue weighted by molar-refractivity contribution is -0.121. The van der Waals surface area contributed by atoms with Crippen LogP contribution in [0.2, 0.25) is 0 Å². The van der Waals surface area contributed by atoms with Crippen LogP contribution < -0.4 is 16.4 Å². The third kappa shape index (κ3) is 4.39. The Kier molecular flexibility index (Phi) is 5.54. The molecule has 1 amide bonds. The van der Waals surface area contributed by atoms with Crippen molar-refractivity contribution < 1.29 is 13.6 Å². The molecule has 0 fully saturated rings. The normalized spacial score (nSPS) is 12.3. The van der Waals surface area contributed by atoms with Crippen LogP contribution in [0.4, 0.5) is 20.2 Å². The number of nitrogens with one attached hydrogen (secondary N) is 2. The summed E-state index contributed by atoms with van der Waals surface area (Å²) in [5.41, 5.74) is 5.78. The zero-order chi connectivity index (χ0) is 14.4. The summed E-state index contributed by atoms with van der Waals surface area (Å²) < 4.78 is 25.7. The molecular weight excluding hydrogens is 252 g/mol. The topological polar surface area (TPSA) is 67.2 Å². The van der Waals surface area contributed by atoms with Crippen molar-refractivity contribution >= 4 is 17.3 Å². The first kappa shape index (κ1) is 15.2. The molecule has 0 spiro atoms. The Morgan fingerprint density at radius 3 is 2.68 bits per heavy atom. The van der Waals surface area contributed by atoms with Crippen LogP contribution in [-0.4, -0.2) is 18.5 Å². The first-order chi connectivity index (χ1) is 8.95. The second-order valence-electron chi connectivity index (χ2n) is 4.30. The number of halogens is 2. The average molecular weight is 271 g/mol. The molecule has 0 aliphatic heterocycles. The van der Waals surface area contributed by atoms with Gasteiger partial charge in [0.2, 0.25) is 5.91 Å². The van der Waals surface area contributed by atoms with Crippen molar-refractivity contribution in [2.24, 2.45) is 0 Å². The van der Waals surface area contributed by atoms with Crippen LogP contribution in [0.3, 0.4) is 0 Å². The summed E-state index contributed by atoms with van der Waals surface area (Å²) in [7, 11) is 0. The molecule has 19 heavy (non-hydrogen) atoms. The van der Waals surface area contributed by atoms with Gasteiger partial charge >= 0.3 is 0 Å². The van der Waals surface area contributed by atoms with E-state index in [0.29, 0.717) is 6.54 Å². The molecule has 6 heteroatoms. The summed E-state index contributed by atoms with van der Waals surface area (Å²) in [6.07, 6.45) is -1.82. The van der Waals surface area contributed by atoms with Crippen LogP contribution in [0.5, 0.6) is 0 Å². The van der Waals surface area contributed by atoms with Gasteiger partial charge in [0.1, 0.15) is 6.04 Å². The summed E-state index contributed by atoms with van der Waals surface area (Å²) in [6, 6.07) is 3.60. The Bertz CT molecular complexity index is 438. The Labute approximate surface area is 111 Å². The molecule has 0 aliphatic carbocycles. The predicted octanol–water partition coefficient (Wildman–Crippen LogP) is 2.53. The van der Waals surface area contributed by atoms with Gasteiger partial charge in [-0.25, -0.2) is 8.78 Å². The minimum Gasteiger partial charge on any atom is -0.399 e. The molecule has 0 aliphatic rings. The summed E-state index contributed by atoms with van der Waals surface area (Å²) in [5.74, 6) is -0.223. The molecule has 0 saturated heterocycles. The van der Waals surface area contributed by atoms with E-state index in [-0.39, 0.29) is 22.8 Å². The monoisotopic (exact) mass is 271 g/mol. The predicted molar refractivity (Wildman–Crippen MR) is 72.2 cm³/mol. The second-order valence-corrected chi connectivity index (χ2v) is 4.30. The van der Waals surface area contributed by atoms with Gasteiger partial charge in [0.15, 0.2) is 0 Å². The summed E-state index contributed by atoms with van der Waals surface area (Å²) >= 11 is 0. The first-order valence-corrected chi connectivity index (χ1v) is 6.17. The standard InChI is InChI=1S/C13H19F2N3O/c1-3-6-17-13(19)8(2)18-11-5-4-9(16)7-10(11)12(14)15/h4-5,7-8,12,18H,3,6,16H2,1-2H3,(H,17,19). The van der Waals surface area contributed by atoms with Gasteiger partial charge in [-0.15, -0.1) is 0 Å². The van der Waals surface area contributed by atoms with Crippen LogP contribution in [-0.2, 0) is 4.79 Å². The fraction of sp³-hybridized carbons (Fsp3) is 0.462. The van der Waals surface area contributed by atoms with E-state index >= 15 is 0 Å². The Morgan fingerprint density at radius 1 is 1.42 bits per heavy atom. The molecule has 106 valence electrons. The van der Waals surface area contributed by atoms with E-state index in [1.807, 2.05) is 6.92 Å². The maximum Gasteiger partial charge on any atom is 0.265 e. The van der Waals surface area contributed by atoms with E-state index in [0.717, 1.165) is 6.42 Å². The lowest BCUT2D eigenvalue weighted by Gasteiger charge is -2.18. The molecule has 1 aromatic carbocycles. The summed E-state index contributed by atoms with van der Waals surface area (Å²) in [4.78, 5) is 11.7. The minimum atomic E-state index is -2.64. The largest absolute Gasteiger partial charge is 0.399 e. The van der Waals surface area contributed by atoms with Crippen molar-refractivity contribution in [3.8, 4) is 0 Å². The first-order valence-electron chi connectivity index (χ1n) is 6.17. The zero-order valence-corrected chi connectivity index (χ0v) is 11.0. The van der Waals surface area contributed by atoms with Gasteiger partial charge in [0.05, 0.1) is 0 Å². The van der Waals surface area contributed by atoms with Crippen molar-refractivity contribution in [1.82, 2.24) is 5.32 Å². The molecule has 1 unspecified atom stereocenters. The van der Waals surface area contributed by atoms with Crippen LogP contribution in [0, 0.1) is 0 Å². The lowest BCUT2D eigenvalue weighted by atomic mass is 10.1. The number of amides is 1. The highest BCUT2D eigenvalue weighted by molar-refractivity contribution is 5.84. The molecule has 1 aromatic rings. The highest BCUT2D eigenvalue weighted by atomic mass is 19.3. The maximum atomic E-state index is 12.9. The van der Waals surface area contributed by atoms with E-state index in [9.17, 15) is 13.6 Å². The van der Waals surface area contributed by atoms with E-state index in [2.05, 4.69) is 10.6 Å². The molecule has 0 saturated carbocycles. The number of alkyl halides is 2. The Balaban J connectivity index is 2.78. The van der Waals surface area contributed by atoms with E-state index in [1.54, 1.807) is 6.92 Å². The number of carbonyl (C=O) groups is 1. The molecular formula is C13H19F2N3O. The van der Waals surface area contributed by atoms with E-state index in [1.165, 1.54) is 18.2 Å². The molecule has 1 atom stereocenters. The van der Waals surface area contributed by atoms with E-state index < -0.39 is 12.5 Å². The smallest absolute Gasteiger partial charge is 0.265 e. The average Bonchev–Trinajstić information content (AvgIpc) is 2.37. The Morgan fingerprint density at radius 2 is 2.11 bits per heavy atom. The third-order valence-corrected chi connectivity index (χ3v) is 2.63. The number of hydrogen-bond donors (Lipinski definition) is 3. The number of nitrogen functional groups attached to an aromatic ring is 1. The maximum absolute atomic E-state index is 12.9. The second kappa shape index (κ2) is 6.92. The highest BCUT2D eigenvalue weighted by Crippen LogP contribution is 2.29. The number of hydrogen-bond acceptors (Lipinski definition) is 3. The Hall–Kier alpha value is -1.85. The number of benzene rings is 1. The number of nitrogens with two attached hydrogens (primary N) is 1. The van der Waals surface area contributed by atoms with Crippen LogP contribution in [0.15, 0.2) is 18.2 Å². The zero-order valence-electron chi connectivity index (χ0n) is 11.0. The third-order valence-electron chi connectivity index (χ3n) is 2.63. The van der Waals surface area contributed by atoms with Gasteiger partial charge in [-0.1, -0.05) is 6.92 Å². The molecule has 0 aromatic heterocycles. The van der Waals surface area contributed by atoms with Crippen molar-refractivity contribution in [3.05, 3.63) is 23.8 Å². The fourth-order valence-electron chi connectivity index (χ4n) is 1.59. The number of rotatable bonds is 6. The van der Waals surface area contributed by atoms with Crippen LogP contribution in [0.25, 0.3) is 0 Å². The van der Waals surface area contributed by atoms with Gasteiger partial charge in [-0.2, -0.15) is 0 Å². The van der Waals surface area contributed by atoms with Gasteiger partial charge in [0.25, 0.3) is 6.43 Å². The minimum absolute atomic E-state index is 0.199. The molecule has 0 bridgehead atoms. The lowest BCUT2D eigenvalue weighted by Crippen LogP contribution is -2.38.